The Morgan fingerprint density at radius 3 is 2.87 bits per heavy atom. The number of carbonyl (C=O) groups is 2. The lowest BCUT2D eigenvalue weighted by molar-refractivity contribution is -0.128. The van der Waals surface area contributed by atoms with Crippen LogP contribution in [-0.4, -0.2) is 45.0 Å². The number of hydrogen-bond donors (Lipinski definition) is 2. The Balaban J connectivity index is 1.36. The number of aromatic amines is 1. The summed E-state index contributed by atoms with van der Waals surface area (Å²) in [5.41, 5.74) is 3.40. The summed E-state index contributed by atoms with van der Waals surface area (Å²) in [6.07, 6.45) is 3.01. The van der Waals surface area contributed by atoms with Crippen molar-refractivity contribution in [2.24, 2.45) is 5.92 Å². The summed E-state index contributed by atoms with van der Waals surface area (Å²) in [6, 6.07) is 6.32. The molecule has 3 aromatic rings. The SMILES string of the molecule is Cc1ccc2[nH]cc(CCN3C[C@@H](C(=O)Nc4nnc(C(C)(C)C)s4)CC3=O)c2c1. The third-order valence-electron chi connectivity index (χ3n) is 5.46. The van der Waals surface area contributed by atoms with Crippen LogP contribution >= 0.6 is 11.3 Å². The molecular formula is C22H27N5O2S. The molecule has 0 spiro atoms. The molecule has 8 heteroatoms. The third-order valence-corrected chi connectivity index (χ3v) is 6.72. The maximum Gasteiger partial charge on any atom is 0.231 e. The minimum atomic E-state index is -0.357. The second-order valence-corrected chi connectivity index (χ2v) is 9.98. The molecule has 1 aromatic carbocycles. The lowest BCUT2D eigenvalue weighted by Gasteiger charge is -2.16. The molecular weight excluding hydrogens is 398 g/mol. The first-order valence-electron chi connectivity index (χ1n) is 10.2. The van der Waals surface area contributed by atoms with E-state index in [0.29, 0.717) is 18.2 Å². The van der Waals surface area contributed by atoms with Gasteiger partial charge in [-0.1, -0.05) is 43.7 Å². The first-order chi connectivity index (χ1) is 14.2. The maximum absolute atomic E-state index is 12.7. The number of nitrogens with one attached hydrogen (secondary N) is 2. The molecule has 0 unspecified atom stereocenters. The van der Waals surface area contributed by atoms with Crippen LogP contribution < -0.4 is 5.32 Å². The highest BCUT2D eigenvalue weighted by Gasteiger charge is 2.34. The van der Waals surface area contributed by atoms with Crippen molar-refractivity contribution in [2.45, 2.75) is 46.0 Å². The Morgan fingerprint density at radius 2 is 2.13 bits per heavy atom. The summed E-state index contributed by atoms with van der Waals surface area (Å²) >= 11 is 1.38. The summed E-state index contributed by atoms with van der Waals surface area (Å²) in [6.45, 7) is 9.30. The molecule has 158 valence electrons. The van der Waals surface area contributed by atoms with Crippen LogP contribution in [0.5, 0.6) is 0 Å². The summed E-state index contributed by atoms with van der Waals surface area (Å²) in [5.74, 6) is -0.492. The number of aryl methyl sites for hydroxylation is 1. The molecule has 1 fully saturated rings. The lowest BCUT2D eigenvalue weighted by Crippen LogP contribution is -2.30. The Bertz CT molecular complexity index is 1090. The number of H-pyrrole nitrogens is 1. The fourth-order valence-corrected chi connectivity index (χ4v) is 4.51. The van der Waals surface area contributed by atoms with Gasteiger partial charge in [0.05, 0.1) is 5.92 Å². The van der Waals surface area contributed by atoms with Crippen LogP contribution in [0.25, 0.3) is 10.9 Å². The summed E-state index contributed by atoms with van der Waals surface area (Å²) in [4.78, 5) is 30.2. The standard InChI is InChI=1S/C22H27N5O2S/c1-13-5-6-17-16(9-13)14(11-23-17)7-8-27-12-15(10-18(27)28)19(29)24-21-26-25-20(30-21)22(2,3)4/h5-6,9,11,15,23H,7-8,10,12H2,1-4H3,(H,24,26,29)/t15-/m0/s1. The largest absolute Gasteiger partial charge is 0.361 e. The van der Waals surface area contributed by atoms with Crippen molar-refractivity contribution >= 4 is 39.2 Å². The molecule has 1 aliphatic rings. The highest BCUT2D eigenvalue weighted by molar-refractivity contribution is 7.15. The second-order valence-electron chi connectivity index (χ2n) is 9.01. The van der Waals surface area contributed by atoms with Gasteiger partial charge in [-0.3, -0.25) is 9.59 Å². The zero-order valence-electron chi connectivity index (χ0n) is 17.8. The summed E-state index contributed by atoms with van der Waals surface area (Å²) in [7, 11) is 0. The highest BCUT2D eigenvalue weighted by Crippen LogP contribution is 2.29. The molecule has 4 rings (SSSR count). The second kappa shape index (κ2) is 7.83. The number of fused-ring (bicyclic) bond motifs is 1. The Kier molecular flexibility index (Phi) is 5.36. The van der Waals surface area contributed by atoms with E-state index in [1.807, 2.05) is 6.20 Å². The molecule has 0 radical (unpaired) electrons. The normalized spacial score (nSPS) is 17.1. The van der Waals surface area contributed by atoms with E-state index in [1.54, 1.807) is 4.90 Å². The Labute approximate surface area is 179 Å². The number of likely N-dealkylation sites (tertiary alicyclic amines) is 1. The average Bonchev–Trinajstić information content (AvgIpc) is 3.38. The van der Waals surface area contributed by atoms with Crippen molar-refractivity contribution in [1.29, 1.82) is 0 Å². The van der Waals surface area contributed by atoms with Gasteiger partial charge in [-0.25, -0.2) is 0 Å². The van der Waals surface area contributed by atoms with Gasteiger partial charge in [0.25, 0.3) is 0 Å². The third kappa shape index (κ3) is 4.23. The molecule has 0 aliphatic carbocycles. The van der Waals surface area contributed by atoms with Gasteiger partial charge in [0.15, 0.2) is 0 Å². The van der Waals surface area contributed by atoms with E-state index >= 15 is 0 Å². The van der Waals surface area contributed by atoms with E-state index in [0.717, 1.165) is 16.9 Å². The Hall–Kier alpha value is -2.74. The number of anilines is 1. The van der Waals surface area contributed by atoms with Gasteiger partial charge in [-0.15, -0.1) is 10.2 Å². The van der Waals surface area contributed by atoms with E-state index in [4.69, 9.17) is 0 Å². The van der Waals surface area contributed by atoms with Gasteiger partial charge < -0.3 is 15.2 Å². The van der Waals surface area contributed by atoms with Crippen LogP contribution in [0.2, 0.25) is 0 Å². The van der Waals surface area contributed by atoms with E-state index in [-0.39, 0.29) is 29.6 Å². The number of benzene rings is 1. The van der Waals surface area contributed by atoms with E-state index in [9.17, 15) is 9.59 Å². The maximum atomic E-state index is 12.7. The fraction of sp³-hybridized carbons (Fsp3) is 0.455. The van der Waals surface area contributed by atoms with Gasteiger partial charge in [-0.05, 0) is 31.0 Å². The van der Waals surface area contributed by atoms with Crippen molar-refractivity contribution < 1.29 is 9.59 Å². The molecule has 1 atom stereocenters. The van der Waals surface area contributed by atoms with Crippen molar-refractivity contribution in [3.63, 3.8) is 0 Å². The lowest BCUT2D eigenvalue weighted by atomic mass is 9.98. The van der Waals surface area contributed by atoms with Gasteiger partial charge in [-0.2, -0.15) is 0 Å². The first kappa shape index (κ1) is 20.5. The molecule has 0 saturated carbocycles. The number of aromatic nitrogens is 3. The van der Waals surface area contributed by atoms with Crippen molar-refractivity contribution in [1.82, 2.24) is 20.1 Å². The molecule has 0 bridgehead atoms. The molecule has 2 aromatic heterocycles. The van der Waals surface area contributed by atoms with Crippen molar-refractivity contribution in [3.05, 3.63) is 40.5 Å². The van der Waals surface area contributed by atoms with E-state index in [2.05, 4.69) is 66.4 Å². The van der Waals surface area contributed by atoms with Crippen molar-refractivity contribution in [3.8, 4) is 0 Å². The van der Waals surface area contributed by atoms with E-state index in [1.165, 1.54) is 27.8 Å². The molecule has 7 nitrogen and oxygen atoms in total. The monoisotopic (exact) mass is 425 g/mol. The molecule has 2 N–H and O–H groups in total. The molecule has 1 saturated heterocycles. The van der Waals surface area contributed by atoms with Crippen LogP contribution in [0.1, 0.15) is 43.3 Å². The quantitative estimate of drug-likeness (QED) is 0.653. The molecule has 3 heterocycles. The first-order valence-corrected chi connectivity index (χ1v) is 11.0. The van der Waals surface area contributed by atoms with Crippen molar-refractivity contribution in [2.75, 3.05) is 18.4 Å². The van der Waals surface area contributed by atoms with Crippen LogP contribution in [0.15, 0.2) is 24.4 Å². The van der Waals surface area contributed by atoms with Crippen LogP contribution in [0, 0.1) is 12.8 Å². The minimum Gasteiger partial charge on any atom is -0.361 e. The zero-order chi connectivity index (χ0) is 21.5. The van der Waals surface area contributed by atoms with Gasteiger partial charge in [0.1, 0.15) is 5.01 Å². The number of carbonyl (C=O) groups excluding carboxylic acids is 2. The average molecular weight is 426 g/mol. The van der Waals surface area contributed by atoms with Gasteiger partial charge >= 0.3 is 0 Å². The fourth-order valence-electron chi connectivity index (χ4n) is 3.70. The molecule has 1 aliphatic heterocycles. The van der Waals surface area contributed by atoms with E-state index < -0.39 is 0 Å². The minimum absolute atomic E-state index is 0.0267. The number of nitrogens with zero attached hydrogens (tertiary/aromatic N) is 3. The van der Waals surface area contributed by atoms with Gasteiger partial charge in [0.2, 0.25) is 16.9 Å². The summed E-state index contributed by atoms with van der Waals surface area (Å²) < 4.78 is 0. The topological polar surface area (TPSA) is 91.0 Å². The van der Waals surface area contributed by atoms with Crippen LogP contribution in [0.4, 0.5) is 5.13 Å². The number of rotatable bonds is 5. The molecule has 30 heavy (non-hydrogen) atoms. The number of amides is 2. The predicted molar refractivity (Wildman–Crippen MR) is 119 cm³/mol. The zero-order valence-corrected chi connectivity index (χ0v) is 18.6. The smallest absolute Gasteiger partial charge is 0.231 e. The van der Waals surface area contributed by atoms with Crippen LogP contribution in [-0.2, 0) is 21.4 Å². The van der Waals surface area contributed by atoms with Crippen LogP contribution in [0.3, 0.4) is 0 Å². The Morgan fingerprint density at radius 1 is 1.33 bits per heavy atom. The number of hydrogen-bond acceptors (Lipinski definition) is 5. The predicted octanol–water partition coefficient (Wildman–Crippen LogP) is 3.66. The highest BCUT2D eigenvalue weighted by atomic mass is 32.1. The van der Waals surface area contributed by atoms with Gasteiger partial charge in [0, 0.05) is 42.0 Å². The summed E-state index contributed by atoms with van der Waals surface area (Å²) in [5, 5.41) is 13.6. The molecule has 2 amide bonds.